The van der Waals surface area contributed by atoms with Crippen molar-refractivity contribution in [1.82, 2.24) is 9.13 Å². The Kier molecular flexibility index (Phi) is 7.31. The van der Waals surface area contributed by atoms with Crippen LogP contribution in [0.15, 0.2) is 15.8 Å². The quantitative estimate of drug-likeness (QED) is 0.631. The lowest BCUT2D eigenvalue weighted by molar-refractivity contribution is 0.0500. The molecule has 1 saturated heterocycles. The number of nitrogens with zero attached hydrogens (tertiary/aromatic N) is 2. The minimum absolute atomic E-state index is 0.0556. The number of halogens is 1. The summed E-state index contributed by atoms with van der Waals surface area (Å²) in [5, 5.41) is 10.2. The largest absolute Gasteiger partial charge is 0.380 e. The third-order valence-corrected chi connectivity index (χ3v) is 6.19. The van der Waals surface area contributed by atoms with Crippen molar-refractivity contribution in [2.24, 2.45) is 0 Å². The van der Waals surface area contributed by atoms with Gasteiger partial charge in [0.25, 0.3) is 5.56 Å². The van der Waals surface area contributed by atoms with Gasteiger partial charge in [-0.3, -0.25) is 18.5 Å². The van der Waals surface area contributed by atoms with Crippen molar-refractivity contribution in [2.75, 3.05) is 19.8 Å². The van der Waals surface area contributed by atoms with E-state index < -0.39 is 36.7 Å². The summed E-state index contributed by atoms with van der Waals surface area (Å²) in [7, 11) is -3.81. The average Bonchev–Trinajstić information content (AvgIpc) is 3.12. The van der Waals surface area contributed by atoms with Crippen molar-refractivity contribution in [3.63, 3.8) is 0 Å². The first-order valence-corrected chi connectivity index (χ1v) is 10.1. The van der Waals surface area contributed by atoms with Gasteiger partial charge in [0.1, 0.15) is 6.23 Å². The predicted octanol–water partition coefficient (Wildman–Crippen LogP) is 1.43. The van der Waals surface area contributed by atoms with E-state index in [1.165, 1.54) is 0 Å². The fraction of sp³-hybridized carbons (Fsp3) is 0.733. The molecule has 1 aromatic rings. The van der Waals surface area contributed by atoms with Crippen LogP contribution >= 0.6 is 7.60 Å². The highest BCUT2D eigenvalue weighted by molar-refractivity contribution is 7.54. The topological polar surface area (TPSA) is 109 Å². The lowest BCUT2D eigenvalue weighted by Crippen LogP contribution is -2.43. The zero-order chi connectivity index (χ0) is 19.3. The molecule has 148 valence electrons. The molecule has 1 aliphatic rings. The number of aliphatic hydroxyl groups excluding tert-OH is 1. The summed E-state index contributed by atoms with van der Waals surface area (Å²) in [4.78, 5) is 24.5. The lowest BCUT2D eigenvalue weighted by atomic mass is 10.3. The molecule has 0 bridgehead atoms. The summed E-state index contributed by atoms with van der Waals surface area (Å²) in [6.45, 7) is 3.40. The van der Waals surface area contributed by atoms with Crippen LogP contribution in [0.5, 0.6) is 0 Å². The first kappa shape index (κ1) is 21.0. The van der Waals surface area contributed by atoms with Gasteiger partial charge in [0, 0.05) is 19.6 Å². The highest BCUT2D eigenvalue weighted by Crippen LogP contribution is 2.53. The molecule has 1 aliphatic heterocycles. The Morgan fingerprint density at radius 3 is 2.58 bits per heavy atom. The molecule has 9 nitrogen and oxygen atoms in total. The molecule has 0 aromatic carbocycles. The molecule has 2 rings (SSSR count). The van der Waals surface area contributed by atoms with Crippen LogP contribution < -0.4 is 11.2 Å². The third kappa shape index (κ3) is 4.50. The highest BCUT2D eigenvalue weighted by Gasteiger charge is 2.34. The molecule has 0 amide bonds. The van der Waals surface area contributed by atoms with E-state index in [9.17, 15) is 23.7 Å². The number of hydrogen-bond acceptors (Lipinski definition) is 7. The molecule has 2 atom stereocenters. The Morgan fingerprint density at radius 1 is 1.38 bits per heavy atom. The van der Waals surface area contributed by atoms with Gasteiger partial charge < -0.3 is 18.9 Å². The maximum absolute atomic E-state index is 14.0. The van der Waals surface area contributed by atoms with Gasteiger partial charge in [-0.05, 0) is 26.7 Å². The van der Waals surface area contributed by atoms with E-state index in [0.717, 1.165) is 17.2 Å². The van der Waals surface area contributed by atoms with Crippen LogP contribution in [0.2, 0.25) is 0 Å². The number of aromatic nitrogens is 2. The Hall–Kier alpha value is -1.32. The van der Waals surface area contributed by atoms with E-state index in [0.29, 0.717) is 17.6 Å². The summed E-state index contributed by atoms with van der Waals surface area (Å²) in [5.74, 6) is -2.65. The molecule has 0 saturated carbocycles. The minimum Gasteiger partial charge on any atom is -0.380 e. The van der Waals surface area contributed by atoms with Gasteiger partial charge >= 0.3 is 13.3 Å². The highest BCUT2D eigenvalue weighted by atomic mass is 31.2. The number of hydrogen-bond donors (Lipinski definition) is 1. The summed E-state index contributed by atoms with van der Waals surface area (Å²) >= 11 is 0. The first-order valence-electron chi connectivity index (χ1n) is 8.54. The van der Waals surface area contributed by atoms with Crippen LogP contribution in [-0.2, 0) is 24.9 Å². The van der Waals surface area contributed by atoms with Crippen molar-refractivity contribution in [1.29, 1.82) is 0 Å². The number of rotatable bonds is 9. The van der Waals surface area contributed by atoms with Crippen molar-refractivity contribution in [3.05, 3.63) is 32.9 Å². The summed E-state index contributed by atoms with van der Waals surface area (Å²) in [5.41, 5.74) is -1.86. The fourth-order valence-electron chi connectivity index (χ4n) is 2.74. The molecular weight excluding hydrogens is 370 g/mol. The van der Waals surface area contributed by atoms with E-state index in [-0.39, 0.29) is 26.2 Å². The van der Waals surface area contributed by atoms with Gasteiger partial charge in [0.15, 0.2) is 5.85 Å². The molecule has 2 heterocycles. The second-order valence-corrected chi connectivity index (χ2v) is 7.93. The zero-order valence-corrected chi connectivity index (χ0v) is 15.7. The van der Waals surface area contributed by atoms with Crippen LogP contribution in [0.4, 0.5) is 4.39 Å². The number of aliphatic hydroxyl groups is 1. The molecule has 1 fully saturated rings. The van der Waals surface area contributed by atoms with Crippen molar-refractivity contribution in [2.45, 2.75) is 51.7 Å². The van der Waals surface area contributed by atoms with Gasteiger partial charge in [-0.25, -0.2) is 4.79 Å². The molecule has 26 heavy (non-hydrogen) atoms. The molecule has 0 radical (unpaired) electrons. The molecule has 0 aliphatic carbocycles. The SMILES string of the molecule is CCOP(=O)(OCC)[C@H](O)CCn1c(=O)c(F)cn([C@@H]2CCCO2)c1=O. The predicted molar refractivity (Wildman–Crippen MR) is 90.6 cm³/mol. The molecule has 1 N–H and O–H groups in total. The minimum atomic E-state index is -3.81. The van der Waals surface area contributed by atoms with E-state index >= 15 is 0 Å². The van der Waals surface area contributed by atoms with Crippen LogP contribution in [0, 0.1) is 5.82 Å². The fourth-order valence-corrected chi connectivity index (χ4v) is 4.31. The first-order chi connectivity index (χ1) is 12.3. The van der Waals surface area contributed by atoms with E-state index in [4.69, 9.17) is 13.8 Å². The lowest BCUT2D eigenvalue weighted by Gasteiger charge is -2.22. The third-order valence-electron chi connectivity index (χ3n) is 3.96. The van der Waals surface area contributed by atoms with E-state index in [1.807, 2.05) is 0 Å². The molecule has 1 aromatic heterocycles. The Morgan fingerprint density at radius 2 is 2.04 bits per heavy atom. The van der Waals surface area contributed by atoms with Crippen molar-refractivity contribution in [3.8, 4) is 0 Å². The summed E-state index contributed by atoms with van der Waals surface area (Å²) < 4.78 is 43.5. The standard InChI is InChI=1S/C15H24FN2O7P/c1-3-24-26(22,25-4-2)13(19)7-8-17-14(20)11(16)10-18(15(17)21)12-6-5-9-23-12/h10,12-13,19H,3-9H2,1-2H3/t12-,13-/m0/s1. The normalized spacial score (nSPS) is 19.0. The van der Waals surface area contributed by atoms with Crippen molar-refractivity contribution < 1.29 is 27.8 Å². The van der Waals surface area contributed by atoms with Gasteiger partial charge in [-0.15, -0.1) is 0 Å². The van der Waals surface area contributed by atoms with Gasteiger partial charge in [0.05, 0.1) is 19.4 Å². The maximum atomic E-state index is 14.0. The van der Waals surface area contributed by atoms with Crippen molar-refractivity contribution >= 4 is 7.60 Å². The molecule has 0 unspecified atom stereocenters. The Balaban J connectivity index is 2.24. The van der Waals surface area contributed by atoms with Crippen LogP contribution in [-0.4, -0.2) is 39.9 Å². The smallest absolute Gasteiger partial charge is 0.358 e. The molecule has 11 heteroatoms. The maximum Gasteiger partial charge on any atom is 0.358 e. The van der Waals surface area contributed by atoms with E-state index in [1.54, 1.807) is 13.8 Å². The average molecular weight is 394 g/mol. The second kappa shape index (κ2) is 9.05. The summed E-state index contributed by atoms with van der Waals surface area (Å²) in [6, 6.07) is 0. The molecular formula is C15H24FN2O7P. The Bertz CT molecular complexity index is 762. The Labute approximate surface area is 149 Å². The van der Waals surface area contributed by atoms with Gasteiger partial charge in [0.2, 0.25) is 5.82 Å². The summed E-state index contributed by atoms with van der Waals surface area (Å²) in [6.07, 6.45) is 1.18. The van der Waals surface area contributed by atoms with Gasteiger partial charge in [-0.2, -0.15) is 4.39 Å². The number of ether oxygens (including phenoxy) is 1. The van der Waals surface area contributed by atoms with Gasteiger partial charge in [-0.1, -0.05) is 0 Å². The molecule has 0 spiro atoms. The van der Waals surface area contributed by atoms with Crippen LogP contribution in [0.1, 0.15) is 39.3 Å². The van der Waals surface area contributed by atoms with E-state index in [2.05, 4.69) is 0 Å². The monoisotopic (exact) mass is 394 g/mol. The zero-order valence-electron chi connectivity index (χ0n) is 14.8. The van der Waals surface area contributed by atoms with Crippen LogP contribution in [0.25, 0.3) is 0 Å². The second-order valence-electron chi connectivity index (χ2n) is 5.74. The van der Waals surface area contributed by atoms with Crippen LogP contribution in [0.3, 0.4) is 0 Å².